The molecule has 0 N–H and O–H groups in total. The van der Waals surface area contributed by atoms with Crippen molar-refractivity contribution in [3.8, 4) is 5.75 Å². The van der Waals surface area contributed by atoms with E-state index in [0.717, 1.165) is 0 Å². The molecule has 80 valence electrons. The summed E-state index contributed by atoms with van der Waals surface area (Å²) in [5.74, 6) is -0.299. The largest absolute Gasteiger partial charge is 0.497 e. The summed E-state index contributed by atoms with van der Waals surface area (Å²) in [7, 11) is 1.55. The molecular formula is C12H14O3. The summed E-state index contributed by atoms with van der Waals surface area (Å²) in [4.78, 5) is 22.6. The summed E-state index contributed by atoms with van der Waals surface area (Å²) >= 11 is 0. The van der Waals surface area contributed by atoms with Crippen molar-refractivity contribution in [2.24, 2.45) is 0 Å². The Bertz CT molecular complexity index is 368. The maximum absolute atomic E-state index is 11.3. The second-order valence-electron chi connectivity index (χ2n) is 3.43. The Morgan fingerprint density at radius 1 is 1.20 bits per heavy atom. The summed E-state index contributed by atoms with van der Waals surface area (Å²) in [5, 5.41) is 0. The van der Waals surface area contributed by atoms with Crippen molar-refractivity contribution in [2.75, 3.05) is 7.11 Å². The summed E-state index contributed by atoms with van der Waals surface area (Å²) in [6.07, 6.45) is 0. The fraction of sp³-hybridized carbons (Fsp3) is 0.333. The van der Waals surface area contributed by atoms with Gasteiger partial charge in [-0.1, -0.05) is 12.1 Å². The lowest BCUT2D eigenvalue weighted by Gasteiger charge is -2.11. The standard InChI is InChI=1S/C12H14O3/c1-8(13)12(9(2)14)10-5-4-6-11(7-10)15-3/h4-7,12H,1-3H3. The second kappa shape index (κ2) is 4.73. The Morgan fingerprint density at radius 3 is 2.27 bits per heavy atom. The average molecular weight is 206 g/mol. The predicted octanol–water partition coefficient (Wildman–Crippen LogP) is 1.96. The predicted molar refractivity (Wildman–Crippen MR) is 57.1 cm³/mol. The Morgan fingerprint density at radius 2 is 1.80 bits per heavy atom. The van der Waals surface area contributed by atoms with Crippen LogP contribution in [0.3, 0.4) is 0 Å². The number of ether oxygens (including phenoxy) is 1. The molecule has 0 unspecified atom stereocenters. The van der Waals surface area contributed by atoms with Crippen LogP contribution in [0.2, 0.25) is 0 Å². The van der Waals surface area contributed by atoms with Gasteiger partial charge in [0.05, 0.1) is 7.11 Å². The first-order valence-corrected chi connectivity index (χ1v) is 4.71. The molecule has 1 rings (SSSR count). The molecule has 0 bridgehead atoms. The van der Waals surface area contributed by atoms with Gasteiger partial charge in [0.25, 0.3) is 0 Å². The van der Waals surface area contributed by atoms with E-state index < -0.39 is 5.92 Å². The molecule has 0 aromatic heterocycles. The number of carbonyl (C=O) groups is 2. The number of carbonyl (C=O) groups excluding carboxylic acids is 2. The van der Waals surface area contributed by atoms with Crippen LogP contribution in [-0.4, -0.2) is 18.7 Å². The van der Waals surface area contributed by atoms with Gasteiger partial charge < -0.3 is 4.74 Å². The van der Waals surface area contributed by atoms with E-state index in [1.165, 1.54) is 13.8 Å². The highest BCUT2D eigenvalue weighted by Crippen LogP contribution is 2.22. The molecule has 0 heterocycles. The van der Waals surface area contributed by atoms with Crippen LogP contribution in [0, 0.1) is 0 Å². The fourth-order valence-electron chi connectivity index (χ4n) is 1.58. The van der Waals surface area contributed by atoms with Gasteiger partial charge in [0.2, 0.25) is 0 Å². The van der Waals surface area contributed by atoms with Crippen molar-refractivity contribution in [3.63, 3.8) is 0 Å². The minimum absolute atomic E-state index is 0.143. The number of hydrogen-bond acceptors (Lipinski definition) is 3. The zero-order valence-corrected chi connectivity index (χ0v) is 9.11. The molecule has 0 aliphatic carbocycles. The van der Waals surface area contributed by atoms with Gasteiger partial charge in [-0.25, -0.2) is 0 Å². The molecule has 0 amide bonds. The van der Waals surface area contributed by atoms with Gasteiger partial charge in [0.1, 0.15) is 23.2 Å². The van der Waals surface area contributed by atoms with Gasteiger partial charge in [-0.05, 0) is 31.5 Å². The van der Waals surface area contributed by atoms with Crippen LogP contribution in [0.4, 0.5) is 0 Å². The van der Waals surface area contributed by atoms with Crippen LogP contribution in [0.5, 0.6) is 5.75 Å². The van der Waals surface area contributed by atoms with E-state index in [4.69, 9.17) is 4.74 Å². The van der Waals surface area contributed by atoms with Crippen molar-refractivity contribution in [3.05, 3.63) is 29.8 Å². The van der Waals surface area contributed by atoms with E-state index in [9.17, 15) is 9.59 Å². The minimum atomic E-state index is -0.667. The zero-order valence-electron chi connectivity index (χ0n) is 9.11. The number of rotatable bonds is 4. The number of hydrogen-bond donors (Lipinski definition) is 0. The molecule has 0 aliphatic heterocycles. The molecule has 0 fully saturated rings. The molecule has 1 aromatic carbocycles. The quantitative estimate of drug-likeness (QED) is 0.707. The monoisotopic (exact) mass is 206 g/mol. The molecule has 15 heavy (non-hydrogen) atoms. The minimum Gasteiger partial charge on any atom is -0.497 e. The van der Waals surface area contributed by atoms with E-state index in [0.29, 0.717) is 11.3 Å². The molecular weight excluding hydrogens is 192 g/mol. The Labute approximate surface area is 89.1 Å². The SMILES string of the molecule is COc1cccc(C(C(C)=O)C(C)=O)c1. The van der Waals surface area contributed by atoms with Crippen molar-refractivity contribution in [1.29, 1.82) is 0 Å². The molecule has 3 heteroatoms. The van der Waals surface area contributed by atoms with Gasteiger partial charge in [0, 0.05) is 0 Å². The first-order valence-electron chi connectivity index (χ1n) is 4.71. The lowest BCUT2D eigenvalue weighted by molar-refractivity contribution is -0.126. The third-order valence-electron chi connectivity index (χ3n) is 2.24. The number of methoxy groups -OCH3 is 1. The second-order valence-corrected chi connectivity index (χ2v) is 3.43. The molecule has 0 aliphatic rings. The maximum atomic E-state index is 11.3. The number of Topliss-reactive ketones (excluding diaryl/α,β-unsaturated/α-hetero) is 2. The lowest BCUT2D eigenvalue weighted by Crippen LogP contribution is -2.16. The third-order valence-corrected chi connectivity index (χ3v) is 2.24. The van der Waals surface area contributed by atoms with E-state index in [1.807, 2.05) is 0 Å². The molecule has 0 radical (unpaired) electrons. The first-order chi connectivity index (χ1) is 7.06. The first kappa shape index (κ1) is 11.4. The molecule has 3 nitrogen and oxygen atoms in total. The van der Waals surface area contributed by atoms with Crippen LogP contribution < -0.4 is 4.74 Å². The molecule has 0 spiro atoms. The molecule has 0 saturated carbocycles. The molecule has 0 saturated heterocycles. The average Bonchev–Trinajstić information content (AvgIpc) is 2.17. The zero-order chi connectivity index (χ0) is 11.4. The molecule has 0 atom stereocenters. The van der Waals surface area contributed by atoms with Crippen molar-refractivity contribution < 1.29 is 14.3 Å². The topological polar surface area (TPSA) is 43.4 Å². The highest BCUT2D eigenvalue weighted by Gasteiger charge is 2.21. The highest BCUT2D eigenvalue weighted by atomic mass is 16.5. The van der Waals surface area contributed by atoms with Crippen LogP contribution in [-0.2, 0) is 9.59 Å². The summed E-state index contributed by atoms with van der Waals surface area (Å²) in [6.45, 7) is 2.84. The summed E-state index contributed by atoms with van der Waals surface area (Å²) < 4.78 is 5.04. The summed E-state index contributed by atoms with van der Waals surface area (Å²) in [5.41, 5.74) is 0.689. The van der Waals surface area contributed by atoms with E-state index in [-0.39, 0.29) is 11.6 Å². The van der Waals surface area contributed by atoms with Crippen molar-refractivity contribution in [1.82, 2.24) is 0 Å². The van der Waals surface area contributed by atoms with Crippen LogP contribution in [0.25, 0.3) is 0 Å². The van der Waals surface area contributed by atoms with Crippen LogP contribution >= 0.6 is 0 Å². The van der Waals surface area contributed by atoms with Gasteiger partial charge in [0.15, 0.2) is 0 Å². The van der Waals surface area contributed by atoms with Gasteiger partial charge in [-0.3, -0.25) is 9.59 Å². The van der Waals surface area contributed by atoms with Crippen molar-refractivity contribution >= 4 is 11.6 Å². The Hall–Kier alpha value is -1.64. The van der Waals surface area contributed by atoms with Crippen molar-refractivity contribution in [2.45, 2.75) is 19.8 Å². The lowest BCUT2D eigenvalue weighted by atomic mass is 9.92. The normalized spacial score (nSPS) is 10.1. The van der Waals surface area contributed by atoms with E-state index >= 15 is 0 Å². The van der Waals surface area contributed by atoms with Gasteiger partial charge >= 0.3 is 0 Å². The van der Waals surface area contributed by atoms with E-state index in [1.54, 1.807) is 31.4 Å². The van der Waals surface area contributed by atoms with E-state index in [2.05, 4.69) is 0 Å². The third kappa shape index (κ3) is 2.65. The maximum Gasteiger partial charge on any atom is 0.144 e. The fourth-order valence-corrected chi connectivity index (χ4v) is 1.58. The van der Waals surface area contributed by atoms with Crippen LogP contribution in [0.1, 0.15) is 25.3 Å². The molecule has 1 aromatic rings. The number of benzene rings is 1. The Kier molecular flexibility index (Phi) is 3.61. The van der Waals surface area contributed by atoms with Gasteiger partial charge in [-0.2, -0.15) is 0 Å². The summed E-state index contributed by atoms with van der Waals surface area (Å²) in [6, 6.07) is 7.03. The highest BCUT2D eigenvalue weighted by molar-refractivity contribution is 6.05. The van der Waals surface area contributed by atoms with Crippen LogP contribution in [0.15, 0.2) is 24.3 Å². The van der Waals surface area contributed by atoms with Gasteiger partial charge in [-0.15, -0.1) is 0 Å². The Balaban J connectivity index is 3.11. The number of ketones is 2. The smallest absolute Gasteiger partial charge is 0.144 e.